The van der Waals surface area contributed by atoms with Crippen LogP contribution in [0, 0.1) is 0 Å². The highest BCUT2D eigenvalue weighted by Gasteiger charge is 1.91. The first-order chi connectivity index (χ1) is 5.47. The summed E-state index contributed by atoms with van der Waals surface area (Å²) in [6.07, 6.45) is 0. The Morgan fingerprint density at radius 3 is 2.00 bits per heavy atom. The maximum atomic E-state index is 2.27. The maximum absolute atomic E-state index is 2.27. The van der Waals surface area contributed by atoms with Crippen molar-refractivity contribution in [2.24, 2.45) is 0 Å². The van der Waals surface area contributed by atoms with Crippen molar-refractivity contribution in [3.63, 3.8) is 0 Å². The zero-order valence-corrected chi connectivity index (χ0v) is 7.04. The zero-order chi connectivity index (χ0) is 7.52. The van der Waals surface area contributed by atoms with Gasteiger partial charge in [-0.25, -0.2) is 0 Å². The van der Waals surface area contributed by atoms with Crippen molar-refractivity contribution >= 4 is 7.53 Å². The van der Waals surface area contributed by atoms with E-state index in [1.165, 1.54) is 5.30 Å². The van der Waals surface area contributed by atoms with Gasteiger partial charge in [0.05, 0.1) is 0 Å². The monoisotopic (exact) mass is 160 g/mol. The fraction of sp³-hybridized carbons (Fsp3) is 0. The first-order valence-corrected chi connectivity index (χ1v) is 5.13. The smallest absolute Gasteiger partial charge is 0.00219 e. The summed E-state index contributed by atoms with van der Waals surface area (Å²) in [5.74, 6) is 4.54. The van der Waals surface area contributed by atoms with Gasteiger partial charge < -0.3 is 0 Å². The minimum Gasteiger partial charge on any atom is -0.0934 e. The molecule has 0 saturated carbocycles. The predicted octanol–water partition coefficient (Wildman–Crippen LogP) is 3.66. The van der Waals surface area contributed by atoms with Crippen LogP contribution in [0.2, 0.25) is 0 Å². The lowest BCUT2D eigenvalue weighted by Crippen LogP contribution is -1.60. The minimum absolute atomic E-state index is 0.101. The van der Waals surface area contributed by atoms with Gasteiger partial charge in [0, 0.05) is 0 Å². The van der Waals surface area contributed by atoms with Crippen LogP contribution in [0.15, 0.2) is 54.1 Å². The first kappa shape index (κ1) is 6.69. The zero-order valence-electron chi connectivity index (χ0n) is 6.14. The molecule has 1 heteroatoms. The number of hydrogen-bond acceptors (Lipinski definition) is 0. The van der Waals surface area contributed by atoms with Gasteiger partial charge in [-0.1, -0.05) is 50.0 Å². The third-order valence-corrected chi connectivity index (χ3v) is 3.54. The second kappa shape index (κ2) is 2.94. The Hall–Kier alpha value is -1.00. The molecule has 0 fully saturated rings. The highest BCUT2D eigenvalue weighted by atomic mass is 31.1. The third kappa shape index (κ3) is 1.36. The van der Waals surface area contributed by atoms with E-state index in [2.05, 4.69) is 54.1 Å². The van der Waals surface area contributed by atoms with Gasteiger partial charge in [0.2, 0.25) is 0 Å². The average molecular weight is 160 g/mol. The highest BCUT2D eigenvalue weighted by Crippen LogP contribution is 2.37. The molecule has 0 aliphatic carbocycles. The van der Waals surface area contributed by atoms with E-state index in [1.54, 1.807) is 0 Å². The van der Waals surface area contributed by atoms with Crippen LogP contribution in [0.25, 0.3) is 5.30 Å². The molecule has 1 heterocycles. The van der Waals surface area contributed by atoms with Crippen LogP contribution in [0.4, 0.5) is 0 Å². The van der Waals surface area contributed by atoms with E-state index < -0.39 is 0 Å². The summed E-state index contributed by atoms with van der Waals surface area (Å²) in [7, 11) is -0.101. The van der Waals surface area contributed by atoms with Gasteiger partial charge in [-0.3, -0.25) is 0 Å². The van der Waals surface area contributed by atoms with Crippen molar-refractivity contribution in [1.82, 2.24) is 0 Å². The molecule has 0 unspecified atom stereocenters. The van der Waals surface area contributed by atoms with E-state index in [0.717, 1.165) is 0 Å². The molecule has 0 spiro atoms. The molecule has 54 valence electrons. The molecular weight excluding hydrogens is 151 g/mol. The summed E-state index contributed by atoms with van der Waals surface area (Å²) < 4.78 is 0. The largest absolute Gasteiger partial charge is 0.0934 e. The molecule has 2 rings (SSSR count). The first-order valence-electron chi connectivity index (χ1n) is 3.65. The van der Waals surface area contributed by atoms with Crippen molar-refractivity contribution in [2.75, 3.05) is 0 Å². The van der Waals surface area contributed by atoms with Crippen molar-refractivity contribution in [1.29, 1.82) is 0 Å². The van der Waals surface area contributed by atoms with Gasteiger partial charge in [0.25, 0.3) is 0 Å². The van der Waals surface area contributed by atoms with Gasteiger partial charge >= 0.3 is 0 Å². The van der Waals surface area contributed by atoms with Crippen LogP contribution in [-0.2, 0) is 0 Å². The average Bonchev–Trinajstić information content (AvgIpc) is 2.58. The molecule has 0 aliphatic rings. The topological polar surface area (TPSA) is 0 Å². The molecule has 0 aliphatic heterocycles. The molecule has 0 atom stereocenters. The predicted molar refractivity (Wildman–Crippen MR) is 50.5 cm³/mol. The number of benzene rings is 1. The molecule has 0 radical (unpaired) electrons. The second-order valence-electron chi connectivity index (χ2n) is 2.43. The summed E-state index contributed by atoms with van der Waals surface area (Å²) in [6, 6.07) is 14.9. The Bertz CT molecular complexity index is 308. The number of rotatable bonds is 1. The molecule has 11 heavy (non-hydrogen) atoms. The van der Waals surface area contributed by atoms with E-state index in [9.17, 15) is 0 Å². The molecule has 0 N–H and O–H groups in total. The van der Waals surface area contributed by atoms with Gasteiger partial charge in [0.15, 0.2) is 0 Å². The quantitative estimate of drug-likeness (QED) is 0.597. The van der Waals surface area contributed by atoms with Gasteiger partial charge in [-0.05, 0) is 16.9 Å². The standard InChI is InChI=1S/C10H9P/c1-2-6-10(7-3-1)11-8-4-5-9-11/h1-9H. The van der Waals surface area contributed by atoms with E-state index in [1.807, 2.05) is 0 Å². The van der Waals surface area contributed by atoms with Crippen LogP contribution in [-0.4, -0.2) is 0 Å². The lowest BCUT2D eigenvalue weighted by molar-refractivity contribution is 1.76. The summed E-state index contributed by atoms with van der Waals surface area (Å²) in [5, 5.41) is 1.44. The summed E-state index contributed by atoms with van der Waals surface area (Å²) in [4.78, 5) is 0. The molecular formula is C10H9P. The lowest BCUT2D eigenvalue weighted by Gasteiger charge is -1.95. The van der Waals surface area contributed by atoms with Crippen molar-refractivity contribution in [2.45, 2.75) is 0 Å². The minimum atomic E-state index is -0.101. The Morgan fingerprint density at radius 1 is 0.727 bits per heavy atom. The maximum Gasteiger partial charge on any atom is -0.00219 e. The Balaban J connectivity index is 2.46. The summed E-state index contributed by atoms with van der Waals surface area (Å²) in [6.45, 7) is 0. The van der Waals surface area contributed by atoms with Crippen LogP contribution in [0.1, 0.15) is 0 Å². The Labute approximate surface area is 67.6 Å². The molecule has 0 nitrogen and oxygen atoms in total. The second-order valence-corrected chi connectivity index (χ2v) is 4.35. The van der Waals surface area contributed by atoms with Crippen molar-refractivity contribution < 1.29 is 0 Å². The van der Waals surface area contributed by atoms with Crippen LogP contribution in [0.5, 0.6) is 0 Å². The van der Waals surface area contributed by atoms with Crippen molar-refractivity contribution in [3.05, 3.63) is 54.1 Å². The van der Waals surface area contributed by atoms with E-state index in [-0.39, 0.29) is 7.53 Å². The molecule has 2 aromatic rings. The fourth-order valence-corrected chi connectivity index (χ4v) is 2.64. The summed E-state index contributed by atoms with van der Waals surface area (Å²) >= 11 is 0. The van der Waals surface area contributed by atoms with Crippen molar-refractivity contribution in [3.8, 4) is 5.30 Å². The SMILES string of the molecule is c1ccc(-p2cccc2)cc1. The normalized spacial score (nSPS) is 9.82. The fourth-order valence-electron chi connectivity index (χ4n) is 1.11. The molecule has 1 aromatic heterocycles. The van der Waals surface area contributed by atoms with E-state index in [0.29, 0.717) is 0 Å². The third-order valence-electron chi connectivity index (χ3n) is 1.66. The lowest BCUT2D eigenvalue weighted by atomic mass is 10.4. The Morgan fingerprint density at radius 2 is 1.36 bits per heavy atom. The van der Waals surface area contributed by atoms with Gasteiger partial charge in [0.1, 0.15) is 0 Å². The van der Waals surface area contributed by atoms with E-state index >= 15 is 0 Å². The van der Waals surface area contributed by atoms with Gasteiger partial charge in [-0.15, -0.1) is 0 Å². The molecule has 0 bridgehead atoms. The summed E-state index contributed by atoms with van der Waals surface area (Å²) in [5.41, 5.74) is 0. The molecule has 1 aromatic carbocycles. The van der Waals surface area contributed by atoms with Crippen LogP contribution >= 0.6 is 7.53 Å². The van der Waals surface area contributed by atoms with Crippen LogP contribution < -0.4 is 0 Å². The van der Waals surface area contributed by atoms with Gasteiger partial charge in [-0.2, -0.15) is 0 Å². The molecule has 0 saturated heterocycles. The number of hydrogen-bond donors (Lipinski definition) is 0. The Kier molecular flexibility index (Phi) is 1.79. The molecule has 0 amide bonds. The highest BCUT2D eigenvalue weighted by molar-refractivity contribution is 7.55. The van der Waals surface area contributed by atoms with Crippen LogP contribution in [0.3, 0.4) is 0 Å². The van der Waals surface area contributed by atoms with E-state index in [4.69, 9.17) is 0 Å².